The summed E-state index contributed by atoms with van der Waals surface area (Å²) in [7, 11) is 1.93. The van der Waals surface area contributed by atoms with Gasteiger partial charge in [0.05, 0.1) is 18.6 Å². The molecule has 7 heteroatoms. The summed E-state index contributed by atoms with van der Waals surface area (Å²) in [5.74, 6) is 0.654. The first kappa shape index (κ1) is 13.7. The quantitative estimate of drug-likeness (QED) is 0.599. The molecule has 0 radical (unpaired) electrons. The summed E-state index contributed by atoms with van der Waals surface area (Å²) >= 11 is 0. The average Bonchev–Trinajstić information content (AvgIpc) is 3.17. The maximum Gasteiger partial charge on any atom is 0.167 e. The Morgan fingerprint density at radius 3 is 2.83 bits per heavy atom. The van der Waals surface area contributed by atoms with Gasteiger partial charge in [0.15, 0.2) is 22.6 Å². The molecule has 7 nitrogen and oxygen atoms in total. The lowest BCUT2D eigenvalue weighted by Gasteiger charge is -2.06. The largest absolute Gasteiger partial charge is 0.395 e. The van der Waals surface area contributed by atoms with Crippen LogP contribution < -0.4 is 5.32 Å². The zero-order valence-electron chi connectivity index (χ0n) is 12.6. The minimum atomic E-state index is 0.0374. The van der Waals surface area contributed by atoms with E-state index in [4.69, 9.17) is 5.11 Å². The fourth-order valence-corrected chi connectivity index (χ4v) is 2.66. The molecule has 23 heavy (non-hydrogen) atoms. The van der Waals surface area contributed by atoms with Crippen LogP contribution in [0.1, 0.15) is 0 Å². The molecule has 0 fully saturated rings. The van der Waals surface area contributed by atoms with Gasteiger partial charge in [-0.25, -0.2) is 9.97 Å². The van der Waals surface area contributed by atoms with E-state index < -0.39 is 0 Å². The first-order valence-corrected chi connectivity index (χ1v) is 7.39. The molecule has 0 amide bonds. The minimum Gasteiger partial charge on any atom is -0.395 e. The monoisotopic (exact) mass is 308 g/mol. The minimum absolute atomic E-state index is 0.0374. The van der Waals surface area contributed by atoms with Crippen LogP contribution in [0.15, 0.2) is 42.7 Å². The van der Waals surface area contributed by atoms with Crippen molar-refractivity contribution in [1.82, 2.24) is 24.1 Å². The van der Waals surface area contributed by atoms with Crippen molar-refractivity contribution in [2.24, 2.45) is 7.05 Å². The van der Waals surface area contributed by atoms with E-state index in [-0.39, 0.29) is 6.61 Å². The number of hydrogen-bond acceptors (Lipinski definition) is 5. The van der Waals surface area contributed by atoms with Crippen LogP contribution in [0, 0.1) is 0 Å². The fourth-order valence-electron chi connectivity index (χ4n) is 2.66. The molecule has 3 aromatic heterocycles. The van der Waals surface area contributed by atoms with E-state index in [0.29, 0.717) is 12.4 Å². The molecule has 0 aliphatic rings. The number of benzene rings is 1. The highest BCUT2D eigenvalue weighted by Gasteiger charge is 2.15. The summed E-state index contributed by atoms with van der Waals surface area (Å²) in [5.41, 5.74) is 4.23. The zero-order chi connectivity index (χ0) is 15.8. The third-order valence-electron chi connectivity index (χ3n) is 3.72. The number of rotatable bonds is 4. The van der Waals surface area contributed by atoms with Gasteiger partial charge in [0.1, 0.15) is 0 Å². The summed E-state index contributed by atoms with van der Waals surface area (Å²) < 4.78 is 3.71. The Morgan fingerprint density at radius 2 is 2.04 bits per heavy atom. The van der Waals surface area contributed by atoms with Crippen molar-refractivity contribution in [2.45, 2.75) is 0 Å². The highest BCUT2D eigenvalue weighted by atomic mass is 16.3. The second-order valence-electron chi connectivity index (χ2n) is 5.30. The van der Waals surface area contributed by atoms with E-state index in [9.17, 15) is 0 Å². The SMILES string of the molecule is Cn1cnc2c(NCCO)nc3cc(-c4ccccc4)nn3c21. The maximum atomic E-state index is 9.04. The smallest absolute Gasteiger partial charge is 0.167 e. The van der Waals surface area contributed by atoms with Crippen LogP contribution in [0.25, 0.3) is 28.1 Å². The van der Waals surface area contributed by atoms with Gasteiger partial charge >= 0.3 is 0 Å². The van der Waals surface area contributed by atoms with Gasteiger partial charge in [0.2, 0.25) is 0 Å². The van der Waals surface area contributed by atoms with Crippen molar-refractivity contribution in [3.63, 3.8) is 0 Å². The van der Waals surface area contributed by atoms with Crippen LogP contribution >= 0.6 is 0 Å². The molecular weight excluding hydrogens is 292 g/mol. The summed E-state index contributed by atoms with van der Waals surface area (Å²) in [5, 5.41) is 16.8. The van der Waals surface area contributed by atoms with Crippen LogP contribution in [0.2, 0.25) is 0 Å². The molecule has 0 saturated heterocycles. The van der Waals surface area contributed by atoms with Gasteiger partial charge in [-0.15, -0.1) is 0 Å². The van der Waals surface area contributed by atoms with E-state index in [1.165, 1.54) is 0 Å². The molecule has 0 atom stereocenters. The Labute approximate surface area is 132 Å². The lowest BCUT2D eigenvalue weighted by atomic mass is 10.2. The second kappa shape index (κ2) is 5.36. The fraction of sp³-hybridized carbons (Fsp3) is 0.188. The highest BCUT2D eigenvalue weighted by molar-refractivity contribution is 5.86. The van der Waals surface area contributed by atoms with Crippen molar-refractivity contribution in [3.05, 3.63) is 42.7 Å². The third-order valence-corrected chi connectivity index (χ3v) is 3.72. The Hall–Kier alpha value is -2.93. The molecule has 0 aliphatic carbocycles. The second-order valence-corrected chi connectivity index (χ2v) is 5.30. The van der Waals surface area contributed by atoms with E-state index in [1.54, 1.807) is 10.8 Å². The molecule has 0 saturated carbocycles. The van der Waals surface area contributed by atoms with Gasteiger partial charge in [-0.1, -0.05) is 30.3 Å². The zero-order valence-corrected chi connectivity index (χ0v) is 12.6. The van der Waals surface area contributed by atoms with Crippen molar-refractivity contribution in [2.75, 3.05) is 18.5 Å². The molecule has 0 spiro atoms. The normalized spacial score (nSPS) is 11.4. The average molecular weight is 308 g/mol. The van der Waals surface area contributed by atoms with Crippen molar-refractivity contribution in [3.8, 4) is 11.3 Å². The third kappa shape index (κ3) is 2.22. The number of imidazole rings is 1. The van der Waals surface area contributed by atoms with Gasteiger partial charge in [-0.05, 0) is 0 Å². The molecule has 2 N–H and O–H groups in total. The lowest BCUT2D eigenvalue weighted by Crippen LogP contribution is -2.09. The molecule has 0 bridgehead atoms. The van der Waals surface area contributed by atoms with Crippen molar-refractivity contribution in [1.29, 1.82) is 0 Å². The molecule has 116 valence electrons. The molecule has 1 aromatic carbocycles. The number of nitrogens with one attached hydrogen (secondary N) is 1. The Kier molecular flexibility index (Phi) is 3.20. The van der Waals surface area contributed by atoms with Gasteiger partial charge in [-0.2, -0.15) is 9.61 Å². The summed E-state index contributed by atoms with van der Waals surface area (Å²) in [6.07, 6.45) is 1.74. The number of aliphatic hydroxyl groups is 1. The van der Waals surface area contributed by atoms with Crippen LogP contribution in [0.3, 0.4) is 0 Å². The highest BCUT2D eigenvalue weighted by Crippen LogP contribution is 2.25. The number of aliphatic hydroxyl groups excluding tert-OH is 1. The van der Waals surface area contributed by atoms with Crippen molar-refractivity contribution >= 4 is 22.6 Å². The Morgan fingerprint density at radius 1 is 1.22 bits per heavy atom. The molecule has 0 aliphatic heterocycles. The number of hydrogen-bond donors (Lipinski definition) is 2. The van der Waals surface area contributed by atoms with Gasteiger partial charge < -0.3 is 15.0 Å². The predicted molar refractivity (Wildman–Crippen MR) is 88.3 cm³/mol. The molecule has 3 heterocycles. The summed E-state index contributed by atoms with van der Waals surface area (Å²) in [6.45, 7) is 0.463. The lowest BCUT2D eigenvalue weighted by molar-refractivity contribution is 0.311. The van der Waals surface area contributed by atoms with Gasteiger partial charge in [-0.3, -0.25) is 0 Å². The number of fused-ring (bicyclic) bond motifs is 3. The van der Waals surface area contributed by atoms with E-state index in [1.807, 2.05) is 48.0 Å². The maximum absolute atomic E-state index is 9.04. The topological polar surface area (TPSA) is 80.3 Å². The van der Waals surface area contributed by atoms with Crippen LogP contribution in [0.5, 0.6) is 0 Å². The van der Waals surface area contributed by atoms with Gasteiger partial charge in [0.25, 0.3) is 0 Å². The molecule has 4 aromatic rings. The Balaban J connectivity index is 1.96. The first-order chi connectivity index (χ1) is 11.3. The van der Waals surface area contributed by atoms with Crippen LogP contribution in [-0.4, -0.2) is 42.4 Å². The number of aryl methyl sites for hydroxylation is 1. The predicted octanol–water partition coefficient (Wildman–Crippen LogP) is 1.69. The molecule has 4 rings (SSSR count). The van der Waals surface area contributed by atoms with Crippen LogP contribution in [-0.2, 0) is 7.05 Å². The van der Waals surface area contributed by atoms with Crippen molar-refractivity contribution < 1.29 is 5.11 Å². The summed E-state index contributed by atoms with van der Waals surface area (Å²) in [4.78, 5) is 9.00. The van der Waals surface area contributed by atoms with E-state index in [0.717, 1.165) is 28.1 Å². The summed E-state index contributed by atoms with van der Waals surface area (Å²) in [6, 6.07) is 11.9. The molecular formula is C16H16N6O. The number of nitrogens with zero attached hydrogens (tertiary/aromatic N) is 5. The van der Waals surface area contributed by atoms with E-state index >= 15 is 0 Å². The molecule has 0 unspecified atom stereocenters. The Bertz CT molecular complexity index is 972. The number of aromatic nitrogens is 5. The first-order valence-electron chi connectivity index (χ1n) is 7.39. The number of anilines is 1. The van der Waals surface area contributed by atoms with Gasteiger partial charge in [0, 0.05) is 25.2 Å². The van der Waals surface area contributed by atoms with Crippen LogP contribution in [0.4, 0.5) is 5.82 Å². The van der Waals surface area contributed by atoms with E-state index in [2.05, 4.69) is 20.4 Å². The standard InChI is InChI=1S/C16H16N6O/c1-21-10-18-14-15(17-7-8-23)19-13-9-12(20-22(13)16(14)21)11-5-3-2-4-6-11/h2-6,9-10,23H,7-8H2,1H3,(H,17,19).